The summed E-state index contributed by atoms with van der Waals surface area (Å²) in [7, 11) is 0. The second-order valence-electron chi connectivity index (χ2n) is 4.27. The van der Waals surface area contributed by atoms with E-state index in [0.29, 0.717) is 6.54 Å². The van der Waals surface area contributed by atoms with Crippen LogP contribution in [0.4, 0.5) is 24.8 Å². The monoisotopic (exact) mass is 265 g/mol. The molecule has 2 aromatic rings. The highest BCUT2D eigenvalue weighted by Gasteiger charge is 2.33. The molecule has 19 heavy (non-hydrogen) atoms. The molecular weight excluding hydrogens is 255 g/mol. The van der Waals surface area contributed by atoms with Gasteiger partial charge >= 0.3 is 6.18 Å². The molecule has 98 valence electrons. The SMILES string of the molecule is FC(F)(F)c1ccnc(N2CCc3ccccc32)n1. The van der Waals surface area contributed by atoms with Crippen LogP contribution >= 0.6 is 0 Å². The first-order chi connectivity index (χ1) is 9.05. The fourth-order valence-corrected chi connectivity index (χ4v) is 2.18. The Kier molecular flexibility index (Phi) is 2.66. The predicted octanol–water partition coefficient (Wildman–Crippen LogP) is 3.19. The molecule has 0 aliphatic carbocycles. The summed E-state index contributed by atoms with van der Waals surface area (Å²) in [6, 6.07) is 8.47. The number of benzene rings is 1. The number of nitrogens with zero attached hydrogens (tertiary/aromatic N) is 3. The maximum Gasteiger partial charge on any atom is 0.433 e. The zero-order chi connectivity index (χ0) is 13.5. The van der Waals surface area contributed by atoms with Gasteiger partial charge in [-0.1, -0.05) is 18.2 Å². The molecule has 0 saturated heterocycles. The number of para-hydroxylation sites is 1. The summed E-state index contributed by atoms with van der Waals surface area (Å²) >= 11 is 0. The molecule has 3 nitrogen and oxygen atoms in total. The van der Waals surface area contributed by atoms with Gasteiger partial charge in [-0.3, -0.25) is 0 Å². The summed E-state index contributed by atoms with van der Waals surface area (Å²) in [5.74, 6) is 0.0970. The molecule has 2 heterocycles. The van der Waals surface area contributed by atoms with Gasteiger partial charge in [0.15, 0.2) is 0 Å². The number of hydrogen-bond donors (Lipinski definition) is 0. The summed E-state index contributed by atoms with van der Waals surface area (Å²) in [6.07, 6.45) is -2.52. The van der Waals surface area contributed by atoms with Gasteiger partial charge < -0.3 is 4.90 Å². The Morgan fingerprint density at radius 3 is 2.68 bits per heavy atom. The molecule has 0 radical (unpaired) electrons. The van der Waals surface area contributed by atoms with Crippen molar-refractivity contribution >= 4 is 11.6 Å². The van der Waals surface area contributed by atoms with Crippen LogP contribution < -0.4 is 4.90 Å². The van der Waals surface area contributed by atoms with Crippen molar-refractivity contribution in [3.63, 3.8) is 0 Å². The highest BCUT2D eigenvalue weighted by molar-refractivity contribution is 5.65. The Morgan fingerprint density at radius 1 is 1.11 bits per heavy atom. The molecule has 1 aliphatic heterocycles. The lowest BCUT2D eigenvalue weighted by Crippen LogP contribution is -2.18. The van der Waals surface area contributed by atoms with Crippen LogP contribution in [0.3, 0.4) is 0 Å². The van der Waals surface area contributed by atoms with Crippen LogP contribution in [0.2, 0.25) is 0 Å². The van der Waals surface area contributed by atoms with Crippen molar-refractivity contribution in [3.05, 3.63) is 47.8 Å². The van der Waals surface area contributed by atoms with Gasteiger partial charge in [-0.15, -0.1) is 0 Å². The van der Waals surface area contributed by atoms with Crippen LogP contribution in [0.25, 0.3) is 0 Å². The zero-order valence-electron chi connectivity index (χ0n) is 9.85. The van der Waals surface area contributed by atoms with Crippen molar-refractivity contribution in [1.29, 1.82) is 0 Å². The smallest absolute Gasteiger partial charge is 0.310 e. The Balaban J connectivity index is 2.01. The number of alkyl halides is 3. The quantitative estimate of drug-likeness (QED) is 0.793. The first kappa shape index (κ1) is 12.0. The van der Waals surface area contributed by atoms with Crippen molar-refractivity contribution < 1.29 is 13.2 Å². The van der Waals surface area contributed by atoms with Crippen LogP contribution in [-0.2, 0) is 12.6 Å². The minimum absolute atomic E-state index is 0.0970. The molecule has 0 saturated carbocycles. The molecule has 0 amide bonds. The number of fused-ring (bicyclic) bond motifs is 1. The van der Waals surface area contributed by atoms with Gasteiger partial charge in [0.05, 0.1) is 0 Å². The average Bonchev–Trinajstić information content (AvgIpc) is 2.82. The van der Waals surface area contributed by atoms with E-state index in [2.05, 4.69) is 9.97 Å². The summed E-state index contributed by atoms with van der Waals surface area (Å²) in [5.41, 5.74) is 1.06. The normalized spacial score (nSPS) is 14.6. The van der Waals surface area contributed by atoms with Crippen LogP contribution in [-0.4, -0.2) is 16.5 Å². The first-order valence-electron chi connectivity index (χ1n) is 5.81. The van der Waals surface area contributed by atoms with Crippen LogP contribution in [0.15, 0.2) is 36.5 Å². The predicted molar refractivity (Wildman–Crippen MR) is 64.2 cm³/mol. The van der Waals surface area contributed by atoms with E-state index in [9.17, 15) is 13.2 Å². The van der Waals surface area contributed by atoms with Crippen LogP contribution in [0.1, 0.15) is 11.3 Å². The minimum Gasteiger partial charge on any atom is -0.310 e. The molecule has 3 rings (SSSR count). The average molecular weight is 265 g/mol. The molecule has 1 aliphatic rings. The lowest BCUT2D eigenvalue weighted by atomic mass is 10.2. The first-order valence-corrected chi connectivity index (χ1v) is 5.81. The zero-order valence-corrected chi connectivity index (χ0v) is 9.85. The lowest BCUT2D eigenvalue weighted by Gasteiger charge is -2.17. The Labute approximate surface area is 107 Å². The summed E-state index contributed by atoms with van der Waals surface area (Å²) in [4.78, 5) is 9.28. The number of hydrogen-bond acceptors (Lipinski definition) is 3. The van der Waals surface area contributed by atoms with Gasteiger partial charge in [-0.25, -0.2) is 9.97 Å². The van der Waals surface area contributed by atoms with E-state index < -0.39 is 11.9 Å². The highest BCUT2D eigenvalue weighted by atomic mass is 19.4. The van der Waals surface area contributed by atoms with E-state index >= 15 is 0 Å². The fourth-order valence-electron chi connectivity index (χ4n) is 2.18. The van der Waals surface area contributed by atoms with Crippen molar-refractivity contribution in [2.24, 2.45) is 0 Å². The van der Waals surface area contributed by atoms with E-state index in [0.717, 1.165) is 29.9 Å². The third-order valence-corrected chi connectivity index (χ3v) is 3.06. The van der Waals surface area contributed by atoms with Crippen LogP contribution in [0.5, 0.6) is 0 Å². The molecule has 0 atom stereocenters. The molecule has 0 fully saturated rings. The maximum atomic E-state index is 12.6. The number of aromatic nitrogens is 2. The largest absolute Gasteiger partial charge is 0.433 e. The Hall–Kier alpha value is -2.11. The van der Waals surface area contributed by atoms with Gasteiger partial charge in [0, 0.05) is 18.4 Å². The summed E-state index contributed by atoms with van der Waals surface area (Å²) in [5, 5.41) is 0. The topological polar surface area (TPSA) is 29.0 Å². The molecule has 0 unspecified atom stereocenters. The molecule has 1 aromatic heterocycles. The third kappa shape index (κ3) is 2.14. The third-order valence-electron chi connectivity index (χ3n) is 3.06. The molecule has 0 N–H and O–H groups in total. The van der Waals surface area contributed by atoms with E-state index in [1.807, 2.05) is 24.3 Å². The fraction of sp³-hybridized carbons (Fsp3) is 0.231. The van der Waals surface area contributed by atoms with Gasteiger partial charge in [0.1, 0.15) is 5.69 Å². The van der Waals surface area contributed by atoms with E-state index in [1.54, 1.807) is 4.90 Å². The van der Waals surface area contributed by atoms with E-state index in [-0.39, 0.29) is 5.95 Å². The van der Waals surface area contributed by atoms with Crippen LogP contribution in [0, 0.1) is 0 Å². The van der Waals surface area contributed by atoms with Gasteiger partial charge in [-0.2, -0.15) is 13.2 Å². The van der Waals surface area contributed by atoms with Gasteiger partial charge in [-0.05, 0) is 24.1 Å². The Bertz CT molecular complexity index is 610. The van der Waals surface area contributed by atoms with Gasteiger partial charge in [0.2, 0.25) is 5.95 Å². The number of halogens is 3. The molecule has 6 heteroatoms. The van der Waals surface area contributed by atoms with Crippen molar-refractivity contribution in [2.45, 2.75) is 12.6 Å². The second kappa shape index (κ2) is 4.22. The van der Waals surface area contributed by atoms with Crippen molar-refractivity contribution in [2.75, 3.05) is 11.4 Å². The van der Waals surface area contributed by atoms with E-state index in [1.165, 1.54) is 0 Å². The summed E-state index contributed by atoms with van der Waals surface area (Å²) < 4.78 is 37.9. The number of rotatable bonds is 1. The maximum absolute atomic E-state index is 12.6. The molecule has 0 spiro atoms. The standard InChI is InChI=1S/C13H10F3N3/c14-13(15,16)11-5-7-17-12(18-11)19-8-6-9-3-1-2-4-10(9)19/h1-5,7H,6,8H2. The van der Waals surface area contributed by atoms with E-state index in [4.69, 9.17) is 0 Å². The highest BCUT2D eigenvalue weighted by Crippen LogP contribution is 2.34. The van der Waals surface area contributed by atoms with Crippen molar-refractivity contribution in [1.82, 2.24) is 9.97 Å². The Morgan fingerprint density at radius 2 is 1.89 bits per heavy atom. The second-order valence-corrected chi connectivity index (χ2v) is 4.27. The van der Waals surface area contributed by atoms with Crippen molar-refractivity contribution in [3.8, 4) is 0 Å². The molecule has 1 aromatic carbocycles. The minimum atomic E-state index is -4.45. The molecular formula is C13H10F3N3. The molecule has 0 bridgehead atoms. The number of anilines is 2. The summed E-state index contributed by atoms with van der Waals surface area (Å²) in [6.45, 7) is 0.598. The lowest BCUT2D eigenvalue weighted by molar-refractivity contribution is -0.141. The van der Waals surface area contributed by atoms with Gasteiger partial charge in [0.25, 0.3) is 0 Å².